The van der Waals surface area contributed by atoms with Crippen LogP contribution in [0, 0.1) is 0 Å². The van der Waals surface area contributed by atoms with Crippen molar-refractivity contribution in [3.63, 3.8) is 0 Å². The first-order valence-electron chi connectivity index (χ1n) is 7.29. The molecule has 0 aliphatic heterocycles. The zero-order chi connectivity index (χ0) is 17.1. The summed E-state index contributed by atoms with van der Waals surface area (Å²) in [5.74, 6) is 1.16. The van der Waals surface area contributed by atoms with Gasteiger partial charge in [0.1, 0.15) is 16.4 Å². The number of carbonyl (C=O) groups excluding carboxylic acids is 1. The fourth-order valence-corrected chi connectivity index (χ4v) is 3.81. The molecule has 1 N–H and O–H groups in total. The Labute approximate surface area is 149 Å². The molecule has 1 aromatic heterocycles. The lowest BCUT2D eigenvalue weighted by molar-refractivity contribution is 0.0952. The lowest BCUT2D eigenvalue weighted by Gasteiger charge is -2.07. The quantitative estimate of drug-likeness (QED) is 0.727. The Balaban J connectivity index is 1.83. The van der Waals surface area contributed by atoms with Crippen LogP contribution in [0.5, 0.6) is 11.5 Å². The molecule has 1 heterocycles. The SMILES string of the molecule is COc1cccc(CNC(=O)c2sc3cc(Cl)ccc3c2OC)c1. The Morgan fingerprint density at radius 1 is 1.17 bits per heavy atom. The first-order valence-corrected chi connectivity index (χ1v) is 8.49. The van der Waals surface area contributed by atoms with Crippen LogP contribution in [0.25, 0.3) is 10.1 Å². The molecule has 6 heteroatoms. The maximum Gasteiger partial charge on any atom is 0.265 e. The van der Waals surface area contributed by atoms with Gasteiger partial charge in [-0.3, -0.25) is 4.79 Å². The molecule has 0 aliphatic carbocycles. The number of amides is 1. The normalized spacial score (nSPS) is 10.6. The van der Waals surface area contributed by atoms with Gasteiger partial charge in [-0.05, 0) is 35.9 Å². The third-order valence-electron chi connectivity index (χ3n) is 3.60. The molecule has 3 aromatic rings. The maximum absolute atomic E-state index is 12.6. The number of nitrogens with one attached hydrogen (secondary N) is 1. The number of hydrogen-bond acceptors (Lipinski definition) is 4. The smallest absolute Gasteiger partial charge is 0.265 e. The highest BCUT2D eigenvalue weighted by Gasteiger charge is 2.19. The van der Waals surface area contributed by atoms with Crippen molar-refractivity contribution in [3.05, 3.63) is 57.9 Å². The molecule has 0 fully saturated rings. The average molecular weight is 362 g/mol. The standard InChI is InChI=1S/C18H16ClNO3S/c1-22-13-5-3-4-11(8-13)10-20-18(21)17-16(23-2)14-7-6-12(19)9-15(14)24-17/h3-9H,10H2,1-2H3,(H,20,21). The Bertz CT molecular complexity index is 891. The van der Waals surface area contributed by atoms with E-state index in [1.54, 1.807) is 20.3 Å². The number of fused-ring (bicyclic) bond motifs is 1. The number of methoxy groups -OCH3 is 2. The monoisotopic (exact) mass is 361 g/mol. The van der Waals surface area contributed by atoms with Gasteiger partial charge in [-0.15, -0.1) is 11.3 Å². The summed E-state index contributed by atoms with van der Waals surface area (Å²) in [6.45, 7) is 0.411. The number of rotatable bonds is 5. The second kappa shape index (κ2) is 7.11. The van der Waals surface area contributed by atoms with Crippen molar-refractivity contribution >= 4 is 38.9 Å². The summed E-state index contributed by atoms with van der Waals surface area (Å²) in [6, 6.07) is 13.1. The van der Waals surface area contributed by atoms with Gasteiger partial charge in [-0.25, -0.2) is 0 Å². The van der Waals surface area contributed by atoms with Crippen molar-refractivity contribution in [3.8, 4) is 11.5 Å². The number of halogens is 1. The van der Waals surface area contributed by atoms with Gasteiger partial charge in [-0.1, -0.05) is 23.7 Å². The van der Waals surface area contributed by atoms with E-state index in [0.717, 1.165) is 21.4 Å². The zero-order valence-corrected chi connectivity index (χ0v) is 14.8. The number of ether oxygens (including phenoxy) is 2. The highest BCUT2D eigenvalue weighted by molar-refractivity contribution is 7.21. The summed E-state index contributed by atoms with van der Waals surface area (Å²) in [5.41, 5.74) is 0.964. The summed E-state index contributed by atoms with van der Waals surface area (Å²) in [7, 11) is 3.18. The van der Waals surface area contributed by atoms with Crippen LogP contribution in [-0.4, -0.2) is 20.1 Å². The number of hydrogen-bond donors (Lipinski definition) is 1. The second-order valence-electron chi connectivity index (χ2n) is 5.14. The van der Waals surface area contributed by atoms with Gasteiger partial charge in [0, 0.05) is 21.7 Å². The molecule has 0 aliphatic rings. The summed E-state index contributed by atoms with van der Waals surface area (Å²) in [6.07, 6.45) is 0. The first kappa shape index (κ1) is 16.6. The largest absolute Gasteiger partial charge is 0.497 e. The number of thiophene rings is 1. The summed E-state index contributed by atoms with van der Waals surface area (Å²) >= 11 is 7.39. The van der Waals surface area contributed by atoms with Crippen molar-refractivity contribution in [1.82, 2.24) is 5.32 Å². The summed E-state index contributed by atoms with van der Waals surface area (Å²) < 4.78 is 11.5. The molecular weight excluding hydrogens is 346 g/mol. The van der Waals surface area contributed by atoms with Crippen molar-refractivity contribution in [2.75, 3.05) is 14.2 Å². The van der Waals surface area contributed by atoms with Crippen LogP contribution >= 0.6 is 22.9 Å². The highest BCUT2D eigenvalue weighted by atomic mass is 35.5. The van der Waals surface area contributed by atoms with Crippen molar-refractivity contribution in [2.24, 2.45) is 0 Å². The molecule has 0 bridgehead atoms. The predicted octanol–water partition coefficient (Wildman–Crippen LogP) is 4.50. The first-order chi connectivity index (χ1) is 11.6. The Kier molecular flexibility index (Phi) is 4.92. The van der Waals surface area contributed by atoms with Crippen LogP contribution in [0.1, 0.15) is 15.2 Å². The van der Waals surface area contributed by atoms with E-state index in [1.807, 2.05) is 36.4 Å². The third-order valence-corrected chi connectivity index (χ3v) is 4.97. The molecule has 3 rings (SSSR count). The molecule has 0 spiro atoms. The molecule has 0 radical (unpaired) electrons. The zero-order valence-electron chi connectivity index (χ0n) is 13.3. The fraction of sp³-hybridized carbons (Fsp3) is 0.167. The molecule has 2 aromatic carbocycles. The molecule has 24 heavy (non-hydrogen) atoms. The Morgan fingerprint density at radius 2 is 2.00 bits per heavy atom. The minimum Gasteiger partial charge on any atom is -0.497 e. The predicted molar refractivity (Wildman–Crippen MR) is 97.6 cm³/mol. The Morgan fingerprint density at radius 3 is 2.75 bits per heavy atom. The highest BCUT2D eigenvalue weighted by Crippen LogP contribution is 2.38. The molecule has 124 valence electrons. The lowest BCUT2D eigenvalue weighted by Crippen LogP contribution is -2.22. The molecule has 0 saturated heterocycles. The molecule has 1 amide bonds. The van der Waals surface area contributed by atoms with Gasteiger partial charge in [-0.2, -0.15) is 0 Å². The van der Waals surface area contributed by atoms with Crippen molar-refractivity contribution in [1.29, 1.82) is 0 Å². The van der Waals surface area contributed by atoms with Crippen LogP contribution < -0.4 is 14.8 Å². The minimum absolute atomic E-state index is 0.174. The van der Waals surface area contributed by atoms with Crippen LogP contribution in [0.4, 0.5) is 0 Å². The van der Waals surface area contributed by atoms with Crippen LogP contribution in [0.15, 0.2) is 42.5 Å². The molecule has 0 saturated carbocycles. The minimum atomic E-state index is -0.174. The van der Waals surface area contributed by atoms with E-state index < -0.39 is 0 Å². The number of carbonyl (C=O) groups is 1. The third kappa shape index (κ3) is 3.32. The Hall–Kier alpha value is -2.24. The van der Waals surface area contributed by atoms with Crippen LogP contribution in [0.2, 0.25) is 5.02 Å². The summed E-state index contributed by atoms with van der Waals surface area (Å²) in [4.78, 5) is 13.1. The number of benzene rings is 2. The van der Waals surface area contributed by atoms with Gasteiger partial charge in [0.15, 0.2) is 0 Å². The molecule has 4 nitrogen and oxygen atoms in total. The van der Waals surface area contributed by atoms with Crippen molar-refractivity contribution < 1.29 is 14.3 Å². The van der Waals surface area contributed by atoms with E-state index in [1.165, 1.54) is 11.3 Å². The van der Waals surface area contributed by atoms with E-state index in [9.17, 15) is 4.79 Å². The van der Waals surface area contributed by atoms with E-state index in [0.29, 0.717) is 22.2 Å². The van der Waals surface area contributed by atoms with Gasteiger partial charge >= 0.3 is 0 Å². The van der Waals surface area contributed by atoms with Gasteiger partial charge in [0.05, 0.1) is 14.2 Å². The van der Waals surface area contributed by atoms with Gasteiger partial charge < -0.3 is 14.8 Å². The fourth-order valence-electron chi connectivity index (χ4n) is 2.44. The van der Waals surface area contributed by atoms with Crippen molar-refractivity contribution in [2.45, 2.75) is 6.54 Å². The second-order valence-corrected chi connectivity index (χ2v) is 6.63. The van der Waals surface area contributed by atoms with Crippen LogP contribution in [0.3, 0.4) is 0 Å². The van der Waals surface area contributed by atoms with Crippen LogP contribution in [-0.2, 0) is 6.54 Å². The average Bonchev–Trinajstić information content (AvgIpc) is 2.97. The summed E-state index contributed by atoms with van der Waals surface area (Å²) in [5, 5.41) is 4.44. The van der Waals surface area contributed by atoms with E-state index in [4.69, 9.17) is 21.1 Å². The maximum atomic E-state index is 12.6. The molecule has 0 unspecified atom stereocenters. The van der Waals surface area contributed by atoms with E-state index in [2.05, 4.69) is 5.32 Å². The van der Waals surface area contributed by atoms with E-state index >= 15 is 0 Å². The molecule has 0 atom stereocenters. The lowest BCUT2D eigenvalue weighted by atomic mass is 10.2. The van der Waals surface area contributed by atoms with Gasteiger partial charge in [0.25, 0.3) is 5.91 Å². The van der Waals surface area contributed by atoms with Gasteiger partial charge in [0.2, 0.25) is 0 Å². The topological polar surface area (TPSA) is 47.6 Å². The van der Waals surface area contributed by atoms with E-state index in [-0.39, 0.29) is 5.91 Å². The molecular formula is C18H16ClNO3S.